The maximum absolute atomic E-state index is 11.7. The molecule has 1 aliphatic heterocycles. The first kappa shape index (κ1) is 20.1. The monoisotopic (exact) mass is 461 g/mol. The predicted octanol–water partition coefficient (Wildman–Crippen LogP) is 3.33. The molecule has 0 radical (unpaired) electrons. The van der Waals surface area contributed by atoms with Crippen molar-refractivity contribution in [3.05, 3.63) is 23.2 Å². The summed E-state index contributed by atoms with van der Waals surface area (Å²) in [6, 6.07) is 1.74. The van der Waals surface area contributed by atoms with Gasteiger partial charge in [-0.05, 0) is 37.7 Å². The molecule has 2 heterocycles. The molecular formula is C18H28IN3O3. The highest BCUT2D eigenvalue weighted by Gasteiger charge is 2.41. The Morgan fingerprint density at radius 1 is 1.40 bits per heavy atom. The van der Waals surface area contributed by atoms with Gasteiger partial charge in [-0.3, -0.25) is 4.99 Å². The van der Waals surface area contributed by atoms with E-state index >= 15 is 0 Å². The fourth-order valence-electron chi connectivity index (χ4n) is 4.09. The van der Waals surface area contributed by atoms with Gasteiger partial charge in [0.15, 0.2) is 5.96 Å². The topological polar surface area (TPSA) is 67.1 Å². The third-order valence-electron chi connectivity index (χ3n) is 5.41. The minimum Gasteiger partial charge on any atom is -0.465 e. The lowest BCUT2D eigenvalue weighted by atomic mass is 9.86. The van der Waals surface area contributed by atoms with E-state index in [0.717, 1.165) is 19.0 Å². The van der Waals surface area contributed by atoms with E-state index in [4.69, 9.17) is 9.15 Å². The number of aliphatic imine (C=N–C) groups is 1. The van der Waals surface area contributed by atoms with Crippen molar-refractivity contribution < 1.29 is 13.9 Å². The zero-order chi connectivity index (χ0) is 17.2. The zero-order valence-corrected chi connectivity index (χ0v) is 17.6. The van der Waals surface area contributed by atoms with Gasteiger partial charge >= 0.3 is 5.97 Å². The summed E-state index contributed by atoms with van der Waals surface area (Å²) in [7, 11) is 3.19. The summed E-state index contributed by atoms with van der Waals surface area (Å²) >= 11 is 0. The number of guanidine groups is 1. The van der Waals surface area contributed by atoms with Crippen molar-refractivity contribution in [2.75, 3.05) is 27.2 Å². The van der Waals surface area contributed by atoms with Crippen molar-refractivity contribution in [3.8, 4) is 0 Å². The summed E-state index contributed by atoms with van der Waals surface area (Å²) in [5.41, 5.74) is 0.993. The molecule has 0 aromatic carbocycles. The van der Waals surface area contributed by atoms with Crippen LogP contribution >= 0.6 is 24.0 Å². The van der Waals surface area contributed by atoms with Crippen molar-refractivity contribution in [2.45, 2.75) is 45.6 Å². The largest absolute Gasteiger partial charge is 0.465 e. The maximum Gasteiger partial charge on any atom is 0.341 e. The third kappa shape index (κ3) is 4.30. The van der Waals surface area contributed by atoms with Crippen molar-refractivity contribution >= 4 is 35.9 Å². The summed E-state index contributed by atoms with van der Waals surface area (Å²) in [4.78, 5) is 18.4. The molecular weight excluding hydrogens is 433 g/mol. The first-order valence-electron chi connectivity index (χ1n) is 8.70. The van der Waals surface area contributed by atoms with Crippen LogP contribution in [0.2, 0.25) is 0 Å². The van der Waals surface area contributed by atoms with Gasteiger partial charge in [-0.2, -0.15) is 0 Å². The Morgan fingerprint density at radius 2 is 2.12 bits per heavy atom. The second kappa shape index (κ2) is 8.42. The SMILES string of the molecule is CN=C(NCc1cc(C(=O)OC)c(C)o1)N1CCC2(CCCC2)C1.I. The normalized spacial score (nSPS) is 19.2. The summed E-state index contributed by atoms with van der Waals surface area (Å²) in [5, 5.41) is 3.36. The summed E-state index contributed by atoms with van der Waals surface area (Å²) in [5.74, 6) is 1.84. The number of halogens is 1. The molecule has 7 heteroatoms. The number of carbonyl (C=O) groups excluding carboxylic acids is 1. The number of methoxy groups -OCH3 is 1. The van der Waals surface area contributed by atoms with Crippen LogP contribution < -0.4 is 5.32 Å². The van der Waals surface area contributed by atoms with Crippen molar-refractivity contribution in [1.82, 2.24) is 10.2 Å². The Labute approximate surface area is 166 Å². The fourth-order valence-corrected chi connectivity index (χ4v) is 4.09. The second-order valence-corrected chi connectivity index (χ2v) is 6.95. The third-order valence-corrected chi connectivity index (χ3v) is 5.41. The standard InChI is InChI=1S/C18H27N3O3.HI/c1-13-15(16(22)23-3)10-14(24-13)11-20-17(19-2)21-9-8-18(12-21)6-4-5-7-18;/h10H,4-9,11-12H2,1-3H3,(H,19,20);1H. The van der Waals surface area contributed by atoms with Crippen molar-refractivity contribution in [3.63, 3.8) is 0 Å². The minimum atomic E-state index is -0.366. The van der Waals surface area contributed by atoms with E-state index in [2.05, 4.69) is 15.2 Å². The van der Waals surface area contributed by atoms with Crippen LogP contribution in [-0.4, -0.2) is 44.1 Å². The summed E-state index contributed by atoms with van der Waals surface area (Å²) in [6.45, 7) is 4.43. The first-order valence-corrected chi connectivity index (χ1v) is 8.70. The summed E-state index contributed by atoms with van der Waals surface area (Å²) < 4.78 is 10.4. The van der Waals surface area contributed by atoms with Crippen LogP contribution in [0.5, 0.6) is 0 Å². The number of ether oxygens (including phenoxy) is 1. The molecule has 1 aromatic heterocycles. The van der Waals surface area contributed by atoms with Gasteiger partial charge in [0.25, 0.3) is 0 Å². The number of hydrogen-bond donors (Lipinski definition) is 1. The Hall–Kier alpha value is -1.25. The predicted molar refractivity (Wildman–Crippen MR) is 107 cm³/mol. The van der Waals surface area contributed by atoms with E-state index in [-0.39, 0.29) is 29.9 Å². The molecule has 0 amide bonds. The molecule has 1 saturated carbocycles. The highest BCUT2D eigenvalue weighted by atomic mass is 127. The Kier molecular flexibility index (Phi) is 6.76. The van der Waals surface area contributed by atoms with E-state index < -0.39 is 0 Å². The zero-order valence-electron chi connectivity index (χ0n) is 15.3. The van der Waals surface area contributed by atoms with Crippen LogP contribution in [0.4, 0.5) is 0 Å². The van der Waals surface area contributed by atoms with Crippen LogP contribution in [0.1, 0.15) is 54.0 Å². The van der Waals surface area contributed by atoms with Crippen LogP contribution in [0.3, 0.4) is 0 Å². The molecule has 0 bridgehead atoms. The van der Waals surface area contributed by atoms with Crippen LogP contribution in [0, 0.1) is 12.3 Å². The molecule has 2 aliphatic rings. The quantitative estimate of drug-likeness (QED) is 0.324. The number of likely N-dealkylation sites (tertiary alicyclic amines) is 1. The van der Waals surface area contributed by atoms with Gasteiger partial charge in [0.2, 0.25) is 0 Å². The molecule has 1 spiro atoms. The van der Waals surface area contributed by atoms with Crippen LogP contribution in [0.25, 0.3) is 0 Å². The molecule has 3 rings (SSSR count). The number of nitrogens with zero attached hydrogens (tertiary/aromatic N) is 2. The molecule has 1 N–H and O–H groups in total. The first-order chi connectivity index (χ1) is 11.6. The number of esters is 1. The maximum atomic E-state index is 11.7. The lowest BCUT2D eigenvalue weighted by Gasteiger charge is -2.25. The molecule has 1 aliphatic carbocycles. The fraction of sp³-hybridized carbons (Fsp3) is 0.667. The molecule has 2 fully saturated rings. The highest BCUT2D eigenvalue weighted by molar-refractivity contribution is 14.0. The lowest BCUT2D eigenvalue weighted by molar-refractivity contribution is 0.0599. The lowest BCUT2D eigenvalue weighted by Crippen LogP contribution is -2.40. The highest BCUT2D eigenvalue weighted by Crippen LogP contribution is 2.45. The van der Waals surface area contributed by atoms with Gasteiger partial charge in [0.1, 0.15) is 17.1 Å². The molecule has 25 heavy (non-hydrogen) atoms. The number of carbonyl (C=O) groups is 1. The summed E-state index contributed by atoms with van der Waals surface area (Å²) in [6.07, 6.45) is 6.68. The van der Waals surface area contributed by atoms with Crippen LogP contribution in [0.15, 0.2) is 15.5 Å². The molecule has 140 valence electrons. The average Bonchev–Trinajstić information content (AvgIpc) is 3.30. The molecule has 0 atom stereocenters. The van der Waals surface area contributed by atoms with Crippen molar-refractivity contribution in [1.29, 1.82) is 0 Å². The van der Waals surface area contributed by atoms with Gasteiger partial charge in [-0.25, -0.2) is 4.79 Å². The van der Waals surface area contributed by atoms with Gasteiger partial charge in [-0.15, -0.1) is 24.0 Å². The smallest absolute Gasteiger partial charge is 0.341 e. The van der Waals surface area contributed by atoms with E-state index in [1.54, 1.807) is 13.0 Å². The molecule has 1 aromatic rings. The van der Waals surface area contributed by atoms with E-state index in [9.17, 15) is 4.79 Å². The van der Waals surface area contributed by atoms with Gasteiger partial charge in [-0.1, -0.05) is 12.8 Å². The van der Waals surface area contributed by atoms with Gasteiger partial charge in [0.05, 0.1) is 13.7 Å². The second-order valence-electron chi connectivity index (χ2n) is 6.95. The van der Waals surface area contributed by atoms with E-state index in [0.29, 0.717) is 29.0 Å². The molecule has 1 saturated heterocycles. The van der Waals surface area contributed by atoms with E-state index in [1.807, 2.05) is 7.05 Å². The minimum absolute atomic E-state index is 0. The number of furan rings is 1. The van der Waals surface area contributed by atoms with Gasteiger partial charge < -0.3 is 19.4 Å². The van der Waals surface area contributed by atoms with Crippen LogP contribution in [-0.2, 0) is 11.3 Å². The Morgan fingerprint density at radius 3 is 2.76 bits per heavy atom. The number of nitrogens with one attached hydrogen (secondary N) is 1. The molecule has 6 nitrogen and oxygen atoms in total. The van der Waals surface area contributed by atoms with Crippen molar-refractivity contribution in [2.24, 2.45) is 10.4 Å². The van der Waals surface area contributed by atoms with Gasteiger partial charge in [0, 0.05) is 20.1 Å². The molecule has 0 unspecified atom stereocenters. The number of aryl methyl sites for hydroxylation is 1. The number of rotatable bonds is 3. The average molecular weight is 461 g/mol. The Balaban J connectivity index is 0.00000225. The van der Waals surface area contributed by atoms with E-state index in [1.165, 1.54) is 39.2 Å². The number of hydrogen-bond acceptors (Lipinski definition) is 4. The Bertz CT molecular complexity index is 636.